The van der Waals surface area contributed by atoms with E-state index in [4.69, 9.17) is 0 Å². The van der Waals surface area contributed by atoms with Crippen LogP contribution in [0.4, 0.5) is 5.13 Å². The molecule has 140 valence electrons. The third kappa shape index (κ3) is 4.49. The SMILES string of the molecule is Cc1nc(CSc2ccccc2C(=O)Nc2nc(-c3ccccc3)cs2)cs1. The minimum Gasteiger partial charge on any atom is -0.298 e. The fourth-order valence-electron chi connectivity index (χ4n) is 2.64. The summed E-state index contributed by atoms with van der Waals surface area (Å²) in [5.74, 6) is 0.593. The van der Waals surface area contributed by atoms with Crippen molar-refractivity contribution in [3.05, 3.63) is 81.6 Å². The molecule has 2 aromatic heterocycles. The average molecular weight is 424 g/mol. The lowest BCUT2D eigenvalue weighted by molar-refractivity contribution is 0.102. The molecule has 7 heteroatoms. The fourth-order valence-corrected chi connectivity index (χ4v) is 5.02. The number of aryl methyl sites for hydroxylation is 1. The summed E-state index contributed by atoms with van der Waals surface area (Å²) in [4.78, 5) is 22.8. The highest BCUT2D eigenvalue weighted by Crippen LogP contribution is 2.29. The van der Waals surface area contributed by atoms with Crippen LogP contribution in [0.3, 0.4) is 0 Å². The van der Waals surface area contributed by atoms with E-state index in [0.717, 1.165) is 32.6 Å². The van der Waals surface area contributed by atoms with Crippen LogP contribution in [0.1, 0.15) is 21.1 Å². The van der Waals surface area contributed by atoms with Crippen LogP contribution >= 0.6 is 34.4 Å². The summed E-state index contributed by atoms with van der Waals surface area (Å²) in [6.07, 6.45) is 0. The molecule has 4 nitrogen and oxygen atoms in total. The number of thioether (sulfide) groups is 1. The van der Waals surface area contributed by atoms with Gasteiger partial charge in [-0.3, -0.25) is 10.1 Å². The molecule has 28 heavy (non-hydrogen) atoms. The van der Waals surface area contributed by atoms with Crippen LogP contribution in [0.2, 0.25) is 0 Å². The van der Waals surface area contributed by atoms with Gasteiger partial charge in [0.05, 0.1) is 22.0 Å². The molecular weight excluding hydrogens is 406 g/mol. The molecular formula is C21H17N3OS3. The Morgan fingerprint density at radius 1 is 1.00 bits per heavy atom. The van der Waals surface area contributed by atoms with Crippen molar-refractivity contribution in [2.75, 3.05) is 5.32 Å². The first-order valence-electron chi connectivity index (χ1n) is 8.64. The second-order valence-corrected chi connectivity index (χ2v) is 8.94. The Morgan fingerprint density at radius 3 is 2.57 bits per heavy atom. The molecule has 4 aromatic rings. The van der Waals surface area contributed by atoms with Gasteiger partial charge in [-0.25, -0.2) is 9.97 Å². The van der Waals surface area contributed by atoms with E-state index in [9.17, 15) is 4.79 Å². The van der Waals surface area contributed by atoms with E-state index in [1.54, 1.807) is 23.1 Å². The van der Waals surface area contributed by atoms with Crippen molar-refractivity contribution >= 4 is 45.5 Å². The van der Waals surface area contributed by atoms with Gasteiger partial charge in [-0.1, -0.05) is 42.5 Å². The summed E-state index contributed by atoms with van der Waals surface area (Å²) in [7, 11) is 0. The number of anilines is 1. The summed E-state index contributed by atoms with van der Waals surface area (Å²) in [5.41, 5.74) is 3.59. The highest BCUT2D eigenvalue weighted by Gasteiger charge is 2.14. The third-order valence-electron chi connectivity index (χ3n) is 3.97. The van der Waals surface area contributed by atoms with E-state index in [1.807, 2.05) is 66.9 Å². The number of nitrogens with one attached hydrogen (secondary N) is 1. The average Bonchev–Trinajstić information content (AvgIpc) is 3.36. The molecule has 1 N–H and O–H groups in total. The Balaban J connectivity index is 1.47. The number of carbonyl (C=O) groups is 1. The molecule has 0 aliphatic heterocycles. The molecule has 0 unspecified atom stereocenters. The van der Waals surface area contributed by atoms with Crippen molar-refractivity contribution in [2.24, 2.45) is 0 Å². The van der Waals surface area contributed by atoms with Gasteiger partial charge in [-0.15, -0.1) is 34.4 Å². The second-order valence-electron chi connectivity index (χ2n) is 6.00. The lowest BCUT2D eigenvalue weighted by atomic mass is 10.2. The number of amides is 1. The van der Waals surface area contributed by atoms with Gasteiger partial charge in [0, 0.05) is 27.0 Å². The van der Waals surface area contributed by atoms with Crippen LogP contribution in [0.5, 0.6) is 0 Å². The van der Waals surface area contributed by atoms with Gasteiger partial charge in [0.15, 0.2) is 5.13 Å². The summed E-state index contributed by atoms with van der Waals surface area (Å²) >= 11 is 4.69. The first kappa shape index (κ1) is 18.9. The Bertz CT molecular complexity index is 1090. The van der Waals surface area contributed by atoms with E-state index < -0.39 is 0 Å². The van der Waals surface area contributed by atoms with Crippen LogP contribution in [0.15, 0.2) is 70.3 Å². The van der Waals surface area contributed by atoms with Crippen molar-refractivity contribution in [2.45, 2.75) is 17.6 Å². The number of thiazole rings is 2. The Morgan fingerprint density at radius 2 is 1.79 bits per heavy atom. The summed E-state index contributed by atoms with van der Waals surface area (Å²) in [6.45, 7) is 2.00. The number of hydrogen-bond acceptors (Lipinski definition) is 6. The zero-order valence-electron chi connectivity index (χ0n) is 15.1. The predicted molar refractivity (Wildman–Crippen MR) is 118 cm³/mol. The van der Waals surface area contributed by atoms with Gasteiger partial charge in [0.2, 0.25) is 0 Å². The minimum atomic E-state index is -0.147. The molecule has 2 aromatic carbocycles. The van der Waals surface area contributed by atoms with E-state index in [2.05, 4.69) is 20.7 Å². The highest BCUT2D eigenvalue weighted by atomic mass is 32.2. The molecule has 0 bridgehead atoms. The van der Waals surface area contributed by atoms with Gasteiger partial charge in [0.1, 0.15) is 0 Å². The maximum absolute atomic E-state index is 12.8. The fraction of sp³-hybridized carbons (Fsp3) is 0.0952. The Labute approximate surface area is 175 Å². The normalized spacial score (nSPS) is 10.8. The lowest BCUT2D eigenvalue weighted by Gasteiger charge is -2.08. The summed E-state index contributed by atoms with van der Waals surface area (Å²) in [6, 6.07) is 17.6. The van der Waals surface area contributed by atoms with E-state index in [1.165, 1.54) is 11.3 Å². The standard InChI is InChI=1S/C21H17N3OS3/c1-14-22-16(11-26-14)12-27-19-10-6-5-9-17(19)20(25)24-21-23-18(13-28-21)15-7-3-2-4-8-15/h2-11,13H,12H2,1H3,(H,23,24,25). The van der Waals surface area contributed by atoms with Crippen LogP contribution in [-0.2, 0) is 5.75 Å². The molecule has 0 saturated carbocycles. The van der Waals surface area contributed by atoms with Crippen molar-refractivity contribution < 1.29 is 4.79 Å². The number of nitrogens with zero attached hydrogens (tertiary/aromatic N) is 2. The number of aromatic nitrogens is 2. The number of rotatable bonds is 6. The molecule has 0 atom stereocenters. The van der Waals surface area contributed by atoms with E-state index in [-0.39, 0.29) is 5.91 Å². The highest BCUT2D eigenvalue weighted by molar-refractivity contribution is 7.98. The third-order valence-corrected chi connectivity index (χ3v) is 6.66. The lowest BCUT2D eigenvalue weighted by Crippen LogP contribution is -2.12. The molecule has 0 aliphatic rings. The molecule has 2 heterocycles. The monoisotopic (exact) mass is 423 g/mol. The first-order valence-corrected chi connectivity index (χ1v) is 11.4. The van der Waals surface area contributed by atoms with Crippen LogP contribution in [-0.4, -0.2) is 15.9 Å². The van der Waals surface area contributed by atoms with Crippen molar-refractivity contribution in [3.63, 3.8) is 0 Å². The molecule has 0 saturated heterocycles. The minimum absolute atomic E-state index is 0.147. The number of benzene rings is 2. The van der Waals surface area contributed by atoms with E-state index in [0.29, 0.717) is 10.7 Å². The van der Waals surface area contributed by atoms with Crippen molar-refractivity contribution in [1.82, 2.24) is 9.97 Å². The van der Waals surface area contributed by atoms with Crippen LogP contribution < -0.4 is 5.32 Å². The van der Waals surface area contributed by atoms with Crippen LogP contribution in [0, 0.1) is 6.92 Å². The topological polar surface area (TPSA) is 54.9 Å². The van der Waals surface area contributed by atoms with Gasteiger partial charge in [-0.2, -0.15) is 0 Å². The molecule has 0 radical (unpaired) electrons. The second kappa shape index (κ2) is 8.68. The zero-order valence-corrected chi connectivity index (χ0v) is 17.5. The Kier molecular flexibility index (Phi) is 5.85. The smallest absolute Gasteiger partial charge is 0.258 e. The Hall–Kier alpha value is -2.48. The van der Waals surface area contributed by atoms with Gasteiger partial charge in [0.25, 0.3) is 5.91 Å². The maximum Gasteiger partial charge on any atom is 0.258 e. The molecule has 0 spiro atoms. The number of hydrogen-bond donors (Lipinski definition) is 1. The largest absolute Gasteiger partial charge is 0.298 e. The van der Waals surface area contributed by atoms with E-state index >= 15 is 0 Å². The predicted octanol–water partition coefficient (Wildman–Crippen LogP) is 6.12. The molecule has 4 rings (SSSR count). The van der Waals surface area contributed by atoms with Crippen molar-refractivity contribution in [1.29, 1.82) is 0 Å². The zero-order chi connectivity index (χ0) is 19.3. The van der Waals surface area contributed by atoms with Gasteiger partial charge >= 0.3 is 0 Å². The molecule has 0 fully saturated rings. The summed E-state index contributed by atoms with van der Waals surface area (Å²) in [5, 5.41) is 8.60. The first-order chi connectivity index (χ1) is 13.7. The van der Waals surface area contributed by atoms with Crippen molar-refractivity contribution in [3.8, 4) is 11.3 Å². The number of carbonyl (C=O) groups excluding carboxylic acids is 1. The summed E-state index contributed by atoms with van der Waals surface area (Å²) < 4.78 is 0. The molecule has 0 aliphatic carbocycles. The van der Waals surface area contributed by atoms with Gasteiger partial charge < -0.3 is 0 Å². The quantitative estimate of drug-likeness (QED) is 0.380. The van der Waals surface area contributed by atoms with Crippen LogP contribution in [0.25, 0.3) is 11.3 Å². The van der Waals surface area contributed by atoms with Gasteiger partial charge in [-0.05, 0) is 19.1 Å². The maximum atomic E-state index is 12.8. The molecule has 1 amide bonds.